The average Bonchev–Trinajstić information content (AvgIpc) is 2.49. The molecule has 1 rings (SSSR count). The van der Waals surface area contributed by atoms with Gasteiger partial charge in [-0.25, -0.2) is 14.8 Å². The van der Waals surface area contributed by atoms with Gasteiger partial charge in [-0.15, -0.1) is 5.10 Å². The van der Waals surface area contributed by atoms with Gasteiger partial charge in [0.25, 0.3) is 0 Å². The molecule has 82 valence electrons. The Balaban J connectivity index is 3.17. The van der Waals surface area contributed by atoms with Crippen LogP contribution in [0, 0.1) is 0 Å². The van der Waals surface area contributed by atoms with Crippen LogP contribution in [0.5, 0.6) is 0 Å². The lowest BCUT2D eigenvalue weighted by atomic mass is 9.92. The molecule has 0 atom stereocenters. The van der Waals surface area contributed by atoms with Crippen LogP contribution < -0.4 is 0 Å². The molecule has 0 radical (unpaired) electrons. The third-order valence-electron chi connectivity index (χ3n) is 1.88. The fraction of sp³-hybridized carbons (Fsp3) is 0.556. The van der Waals surface area contributed by atoms with E-state index in [4.69, 9.17) is 5.26 Å². The quantitative estimate of drug-likeness (QED) is 0.373. The molecule has 0 aliphatic heterocycles. The Hall–Kier alpha value is -1.07. The fourth-order valence-corrected chi connectivity index (χ4v) is 1.35. The number of rotatable bonds is 3. The molecule has 0 aliphatic carbocycles. The zero-order valence-corrected chi connectivity index (χ0v) is 9.71. The van der Waals surface area contributed by atoms with E-state index in [0.29, 0.717) is 5.82 Å². The highest BCUT2D eigenvalue weighted by molar-refractivity contribution is 7.78. The summed E-state index contributed by atoms with van der Waals surface area (Å²) in [6.45, 7) is 6.06. The number of nitrogens with zero attached hydrogens (tertiary/aromatic N) is 3. The lowest BCUT2D eigenvalue weighted by Crippen LogP contribution is -2.19. The number of hydrogen-bond acceptors (Lipinski definition) is 5. The van der Waals surface area contributed by atoms with Gasteiger partial charge in [0.2, 0.25) is 0 Å². The first kappa shape index (κ1) is 12.0. The van der Waals surface area contributed by atoms with Crippen LogP contribution in [-0.4, -0.2) is 20.2 Å². The van der Waals surface area contributed by atoms with E-state index < -0.39 is 0 Å². The standard InChI is InChI=1S/C9H13N3O2S/c1-9(2,3)7-4-8(10-5-15)11-12(7)6-14-13/h4,13H,6H2,1-3H3. The van der Waals surface area contributed by atoms with Crippen molar-refractivity contribution in [1.29, 1.82) is 0 Å². The third kappa shape index (κ3) is 2.94. The SMILES string of the molecule is CC(C)(C)c1cc(N=C=S)nn1COO. The van der Waals surface area contributed by atoms with E-state index in [-0.39, 0.29) is 12.1 Å². The van der Waals surface area contributed by atoms with E-state index in [0.717, 1.165) is 5.69 Å². The first-order chi connectivity index (χ1) is 6.99. The van der Waals surface area contributed by atoms with Gasteiger partial charge in [-0.1, -0.05) is 20.8 Å². The Kier molecular flexibility index (Phi) is 3.71. The largest absolute Gasteiger partial charge is 0.250 e. The van der Waals surface area contributed by atoms with Crippen molar-refractivity contribution in [2.24, 2.45) is 4.99 Å². The van der Waals surface area contributed by atoms with Crippen LogP contribution in [0.2, 0.25) is 0 Å². The van der Waals surface area contributed by atoms with E-state index in [1.807, 2.05) is 20.8 Å². The van der Waals surface area contributed by atoms with Crippen LogP contribution in [0.3, 0.4) is 0 Å². The van der Waals surface area contributed by atoms with Crippen molar-refractivity contribution in [2.75, 3.05) is 0 Å². The van der Waals surface area contributed by atoms with Crippen molar-refractivity contribution in [2.45, 2.75) is 32.9 Å². The Bertz CT molecular complexity index is 389. The summed E-state index contributed by atoms with van der Waals surface area (Å²) in [6, 6.07) is 1.79. The molecule has 15 heavy (non-hydrogen) atoms. The summed E-state index contributed by atoms with van der Waals surface area (Å²) < 4.78 is 1.53. The predicted octanol–water partition coefficient (Wildman–Crippen LogP) is 2.36. The van der Waals surface area contributed by atoms with Crippen LogP contribution in [-0.2, 0) is 17.0 Å². The molecule has 1 aromatic heterocycles. The maximum atomic E-state index is 8.42. The van der Waals surface area contributed by atoms with Gasteiger partial charge < -0.3 is 0 Å². The van der Waals surface area contributed by atoms with Crippen LogP contribution >= 0.6 is 12.2 Å². The van der Waals surface area contributed by atoms with Gasteiger partial charge in [-0.05, 0) is 12.2 Å². The Morgan fingerprint density at radius 2 is 2.33 bits per heavy atom. The summed E-state index contributed by atoms with van der Waals surface area (Å²) in [7, 11) is 0. The number of isothiocyanates is 1. The molecule has 0 spiro atoms. The van der Waals surface area contributed by atoms with E-state index in [9.17, 15) is 0 Å². The monoisotopic (exact) mass is 227 g/mol. The summed E-state index contributed by atoms with van der Waals surface area (Å²) in [5.41, 5.74) is 0.793. The number of aliphatic imine (C=N–C) groups is 1. The van der Waals surface area contributed by atoms with Gasteiger partial charge in [-0.2, -0.15) is 4.99 Å². The first-order valence-corrected chi connectivity index (χ1v) is 4.82. The molecule has 0 bridgehead atoms. The smallest absolute Gasteiger partial charge is 0.184 e. The fourth-order valence-electron chi connectivity index (χ4n) is 1.26. The van der Waals surface area contributed by atoms with Crippen LogP contribution in [0.15, 0.2) is 11.1 Å². The summed E-state index contributed by atoms with van der Waals surface area (Å²) in [4.78, 5) is 7.85. The molecule has 1 N–H and O–H groups in total. The second kappa shape index (κ2) is 4.63. The van der Waals surface area contributed by atoms with E-state index in [1.54, 1.807) is 6.07 Å². The van der Waals surface area contributed by atoms with Gasteiger partial charge in [0, 0.05) is 17.2 Å². The molecule has 0 fully saturated rings. The molecule has 6 heteroatoms. The highest BCUT2D eigenvalue weighted by Crippen LogP contribution is 2.25. The molecule has 1 heterocycles. The van der Waals surface area contributed by atoms with Crippen molar-refractivity contribution >= 4 is 23.2 Å². The zero-order chi connectivity index (χ0) is 11.5. The lowest BCUT2D eigenvalue weighted by Gasteiger charge is -2.18. The summed E-state index contributed by atoms with van der Waals surface area (Å²) in [5.74, 6) is 0.465. The highest BCUT2D eigenvalue weighted by atomic mass is 32.1. The van der Waals surface area contributed by atoms with Crippen LogP contribution in [0.4, 0.5) is 5.82 Å². The van der Waals surface area contributed by atoms with Crippen molar-refractivity contribution in [3.05, 3.63) is 11.8 Å². The third-order valence-corrected chi connectivity index (χ3v) is 1.97. The second-order valence-electron chi connectivity index (χ2n) is 4.10. The molecule has 0 unspecified atom stereocenters. The number of hydrogen-bond donors (Lipinski definition) is 1. The normalized spacial score (nSPS) is 11.2. The molecule has 0 saturated carbocycles. The minimum absolute atomic E-state index is 0.0282. The van der Waals surface area contributed by atoms with Gasteiger partial charge in [0.15, 0.2) is 12.5 Å². The number of aromatic nitrogens is 2. The Labute approximate surface area is 93.3 Å². The summed E-state index contributed by atoms with van der Waals surface area (Å²) in [5, 5.41) is 14.8. The van der Waals surface area contributed by atoms with E-state index in [2.05, 4.69) is 32.4 Å². The molecule has 0 saturated heterocycles. The van der Waals surface area contributed by atoms with Crippen LogP contribution in [0.1, 0.15) is 26.5 Å². The molecular formula is C9H13N3O2S. The van der Waals surface area contributed by atoms with Gasteiger partial charge >= 0.3 is 0 Å². The van der Waals surface area contributed by atoms with Gasteiger partial charge in [0.1, 0.15) is 0 Å². The zero-order valence-electron chi connectivity index (χ0n) is 8.89. The topological polar surface area (TPSA) is 59.6 Å². The molecule has 0 amide bonds. The molecule has 5 nitrogen and oxygen atoms in total. The minimum atomic E-state index is -0.110. The van der Waals surface area contributed by atoms with Gasteiger partial charge in [0.05, 0.1) is 5.16 Å². The van der Waals surface area contributed by atoms with E-state index >= 15 is 0 Å². The second-order valence-corrected chi connectivity index (χ2v) is 4.28. The summed E-state index contributed by atoms with van der Waals surface area (Å²) >= 11 is 4.50. The maximum Gasteiger partial charge on any atom is 0.184 e. The van der Waals surface area contributed by atoms with Crippen LogP contribution in [0.25, 0.3) is 0 Å². The Morgan fingerprint density at radius 3 is 2.80 bits per heavy atom. The van der Waals surface area contributed by atoms with Crippen molar-refractivity contribution in [3.63, 3.8) is 0 Å². The Morgan fingerprint density at radius 1 is 1.67 bits per heavy atom. The molecule has 1 aromatic rings. The minimum Gasteiger partial charge on any atom is -0.250 e. The van der Waals surface area contributed by atoms with E-state index in [1.165, 1.54) is 4.68 Å². The summed E-state index contributed by atoms with van der Waals surface area (Å²) in [6.07, 6.45) is 0. The lowest BCUT2D eigenvalue weighted by molar-refractivity contribution is -0.271. The van der Waals surface area contributed by atoms with Crippen molar-refractivity contribution in [1.82, 2.24) is 9.78 Å². The molecule has 0 aromatic carbocycles. The molecule has 0 aliphatic rings. The number of thiocarbonyl (C=S) groups is 1. The first-order valence-electron chi connectivity index (χ1n) is 4.41. The maximum absolute atomic E-state index is 8.42. The highest BCUT2D eigenvalue weighted by Gasteiger charge is 2.20. The van der Waals surface area contributed by atoms with Crippen molar-refractivity contribution in [3.8, 4) is 0 Å². The van der Waals surface area contributed by atoms with Gasteiger partial charge in [-0.3, -0.25) is 0 Å². The predicted molar refractivity (Wildman–Crippen MR) is 59.3 cm³/mol. The molecular weight excluding hydrogens is 214 g/mol. The van der Waals surface area contributed by atoms with Crippen molar-refractivity contribution < 1.29 is 10.1 Å². The average molecular weight is 227 g/mol.